The Morgan fingerprint density at radius 1 is 1.22 bits per heavy atom. The maximum atomic E-state index is 13.2. The number of Topliss-reactive ketones (excluding diaryl/α,β-unsaturated/α-hetero) is 1. The summed E-state index contributed by atoms with van der Waals surface area (Å²) in [5.74, 6) is -0.748. The summed E-state index contributed by atoms with van der Waals surface area (Å²) in [6.45, 7) is 1.77. The Kier molecular flexibility index (Phi) is 3.81. The number of carbonyl (C=O) groups excluding carboxylic acids is 1. The van der Waals surface area contributed by atoms with Crippen LogP contribution < -0.4 is 0 Å². The van der Waals surface area contributed by atoms with Gasteiger partial charge in [0.05, 0.1) is 0 Å². The molecule has 0 atom stereocenters. The van der Waals surface area contributed by atoms with Crippen LogP contribution >= 0.6 is 0 Å². The Morgan fingerprint density at radius 2 is 1.83 bits per heavy atom. The standard InChI is InChI=1S/C15H19FO2/c1-11-6-7-12(16)10-13(11)14(17)15(18)8-4-2-3-5-9-15/h6-7,10,18H,2-5,8-9H2,1H3. The van der Waals surface area contributed by atoms with Gasteiger partial charge in [-0.1, -0.05) is 31.7 Å². The van der Waals surface area contributed by atoms with Gasteiger partial charge < -0.3 is 5.11 Å². The van der Waals surface area contributed by atoms with Crippen LogP contribution in [0.25, 0.3) is 0 Å². The average molecular weight is 250 g/mol. The highest BCUT2D eigenvalue weighted by Gasteiger charge is 2.37. The molecule has 1 aromatic rings. The molecule has 0 radical (unpaired) electrons. The van der Waals surface area contributed by atoms with Gasteiger partial charge in [0.1, 0.15) is 11.4 Å². The van der Waals surface area contributed by atoms with Gasteiger partial charge in [-0.3, -0.25) is 4.79 Å². The number of ketones is 1. The number of hydrogen-bond acceptors (Lipinski definition) is 2. The van der Waals surface area contributed by atoms with Gasteiger partial charge in [-0.05, 0) is 37.5 Å². The van der Waals surface area contributed by atoms with Crippen molar-refractivity contribution in [3.63, 3.8) is 0 Å². The van der Waals surface area contributed by atoms with Gasteiger partial charge in [0.2, 0.25) is 0 Å². The summed E-state index contributed by atoms with van der Waals surface area (Å²) in [6.07, 6.45) is 4.80. The molecule has 3 heteroatoms. The largest absolute Gasteiger partial charge is 0.382 e. The van der Waals surface area contributed by atoms with Crippen molar-refractivity contribution in [2.75, 3.05) is 0 Å². The molecule has 0 bridgehead atoms. The fraction of sp³-hybridized carbons (Fsp3) is 0.533. The number of benzene rings is 1. The smallest absolute Gasteiger partial charge is 0.194 e. The summed E-state index contributed by atoms with van der Waals surface area (Å²) in [4.78, 5) is 12.4. The summed E-state index contributed by atoms with van der Waals surface area (Å²) < 4.78 is 13.2. The Balaban J connectivity index is 2.31. The minimum Gasteiger partial charge on any atom is -0.382 e. The van der Waals surface area contributed by atoms with Crippen molar-refractivity contribution in [2.24, 2.45) is 0 Å². The first-order valence-electron chi connectivity index (χ1n) is 6.56. The Hall–Kier alpha value is -1.22. The van der Waals surface area contributed by atoms with E-state index in [-0.39, 0.29) is 5.78 Å². The van der Waals surface area contributed by atoms with Gasteiger partial charge in [-0.2, -0.15) is 0 Å². The van der Waals surface area contributed by atoms with Crippen molar-refractivity contribution >= 4 is 5.78 Å². The molecule has 1 aliphatic rings. The van der Waals surface area contributed by atoms with Crippen molar-refractivity contribution < 1.29 is 14.3 Å². The van der Waals surface area contributed by atoms with Crippen LogP contribution in [0.2, 0.25) is 0 Å². The maximum Gasteiger partial charge on any atom is 0.194 e. The van der Waals surface area contributed by atoms with Crippen molar-refractivity contribution in [1.82, 2.24) is 0 Å². The van der Waals surface area contributed by atoms with Crippen LogP contribution in [0, 0.1) is 12.7 Å². The van der Waals surface area contributed by atoms with Crippen LogP contribution in [0.1, 0.15) is 54.4 Å². The van der Waals surface area contributed by atoms with Gasteiger partial charge in [0.15, 0.2) is 5.78 Å². The summed E-state index contributed by atoms with van der Waals surface area (Å²) in [5.41, 5.74) is -0.256. The van der Waals surface area contributed by atoms with E-state index in [0.717, 1.165) is 31.2 Å². The Morgan fingerprint density at radius 3 is 2.44 bits per heavy atom. The number of rotatable bonds is 2. The first-order valence-corrected chi connectivity index (χ1v) is 6.56. The van der Waals surface area contributed by atoms with Crippen molar-refractivity contribution in [2.45, 2.75) is 51.0 Å². The zero-order valence-corrected chi connectivity index (χ0v) is 10.7. The van der Waals surface area contributed by atoms with Gasteiger partial charge in [0, 0.05) is 5.56 Å². The lowest BCUT2D eigenvalue weighted by Gasteiger charge is -2.25. The zero-order valence-electron chi connectivity index (χ0n) is 10.7. The van der Waals surface area contributed by atoms with E-state index >= 15 is 0 Å². The molecule has 0 unspecified atom stereocenters. The maximum absolute atomic E-state index is 13.2. The molecule has 2 rings (SSSR count). The highest BCUT2D eigenvalue weighted by atomic mass is 19.1. The zero-order chi connectivity index (χ0) is 13.2. The number of halogens is 1. The first kappa shape index (κ1) is 13.2. The van der Waals surface area contributed by atoms with E-state index < -0.39 is 11.4 Å². The molecular weight excluding hydrogens is 231 g/mol. The Labute approximate surface area is 107 Å². The third-order valence-electron chi connectivity index (χ3n) is 3.80. The van der Waals surface area contributed by atoms with E-state index in [2.05, 4.69) is 0 Å². The predicted molar refractivity (Wildman–Crippen MR) is 68.1 cm³/mol. The number of aryl methyl sites for hydroxylation is 1. The molecule has 0 spiro atoms. The minimum absolute atomic E-state index is 0.318. The molecule has 98 valence electrons. The highest BCUT2D eigenvalue weighted by Crippen LogP contribution is 2.31. The van der Waals surface area contributed by atoms with Gasteiger partial charge in [0.25, 0.3) is 0 Å². The molecule has 1 saturated carbocycles. The van der Waals surface area contributed by atoms with Crippen molar-refractivity contribution in [1.29, 1.82) is 0 Å². The van der Waals surface area contributed by atoms with Crippen LogP contribution in [0.4, 0.5) is 4.39 Å². The second kappa shape index (κ2) is 5.19. The lowest BCUT2D eigenvalue weighted by Crippen LogP contribution is -2.38. The van der Waals surface area contributed by atoms with Gasteiger partial charge in [-0.25, -0.2) is 4.39 Å². The van der Waals surface area contributed by atoms with Gasteiger partial charge >= 0.3 is 0 Å². The van der Waals surface area contributed by atoms with Crippen LogP contribution in [-0.2, 0) is 0 Å². The van der Waals surface area contributed by atoms with E-state index in [0.29, 0.717) is 18.4 Å². The lowest BCUT2D eigenvalue weighted by atomic mass is 9.85. The van der Waals surface area contributed by atoms with Crippen LogP contribution in [-0.4, -0.2) is 16.5 Å². The predicted octanol–water partition coefficient (Wildman–Crippen LogP) is 3.40. The molecule has 2 nitrogen and oxygen atoms in total. The number of aliphatic hydroxyl groups is 1. The topological polar surface area (TPSA) is 37.3 Å². The fourth-order valence-corrected chi connectivity index (χ4v) is 2.63. The van der Waals surface area contributed by atoms with Crippen molar-refractivity contribution in [3.05, 3.63) is 35.1 Å². The van der Waals surface area contributed by atoms with Crippen molar-refractivity contribution in [3.8, 4) is 0 Å². The third kappa shape index (κ3) is 2.61. The molecule has 1 N–H and O–H groups in total. The molecular formula is C15H19FO2. The number of hydrogen-bond donors (Lipinski definition) is 1. The summed E-state index contributed by atoms with van der Waals surface area (Å²) in [5, 5.41) is 10.5. The summed E-state index contributed by atoms with van der Waals surface area (Å²) in [6, 6.07) is 4.16. The molecule has 18 heavy (non-hydrogen) atoms. The molecule has 0 amide bonds. The normalized spacial score (nSPS) is 19.3. The minimum atomic E-state index is -1.30. The molecule has 0 heterocycles. The molecule has 0 aliphatic heterocycles. The molecule has 1 aromatic carbocycles. The van der Waals surface area contributed by atoms with E-state index in [1.54, 1.807) is 13.0 Å². The second-order valence-electron chi connectivity index (χ2n) is 5.23. The van der Waals surface area contributed by atoms with Crippen LogP contribution in [0.5, 0.6) is 0 Å². The quantitative estimate of drug-likeness (QED) is 0.645. The summed E-state index contributed by atoms with van der Waals surface area (Å²) >= 11 is 0. The lowest BCUT2D eigenvalue weighted by molar-refractivity contribution is 0.0237. The third-order valence-corrected chi connectivity index (χ3v) is 3.80. The average Bonchev–Trinajstić information content (AvgIpc) is 2.57. The monoisotopic (exact) mass is 250 g/mol. The first-order chi connectivity index (χ1) is 8.53. The fourth-order valence-electron chi connectivity index (χ4n) is 2.63. The molecule has 0 aromatic heterocycles. The Bertz CT molecular complexity index is 446. The molecule has 1 fully saturated rings. The highest BCUT2D eigenvalue weighted by molar-refractivity contribution is 6.03. The van der Waals surface area contributed by atoms with Crippen LogP contribution in [0.15, 0.2) is 18.2 Å². The van der Waals surface area contributed by atoms with E-state index in [1.165, 1.54) is 12.1 Å². The summed E-state index contributed by atoms with van der Waals surface area (Å²) in [7, 11) is 0. The second-order valence-corrected chi connectivity index (χ2v) is 5.23. The van der Waals surface area contributed by atoms with Crippen LogP contribution in [0.3, 0.4) is 0 Å². The van der Waals surface area contributed by atoms with E-state index in [4.69, 9.17) is 0 Å². The molecule has 0 saturated heterocycles. The van der Waals surface area contributed by atoms with Gasteiger partial charge in [-0.15, -0.1) is 0 Å². The number of carbonyl (C=O) groups is 1. The van der Waals surface area contributed by atoms with E-state index in [9.17, 15) is 14.3 Å². The molecule has 1 aliphatic carbocycles. The van der Waals surface area contributed by atoms with E-state index in [1.807, 2.05) is 0 Å². The SMILES string of the molecule is Cc1ccc(F)cc1C(=O)C1(O)CCCCCC1.